The minimum atomic E-state index is -0.726. The van der Waals surface area contributed by atoms with E-state index in [0.717, 1.165) is 24.0 Å². The molecule has 1 aliphatic carbocycles. The summed E-state index contributed by atoms with van der Waals surface area (Å²) in [6.45, 7) is 8.52. The van der Waals surface area contributed by atoms with Crippen molar-refractivity contribution in [3.8, 4) is 0 Å². The molecular formula is C18H25FO2. The summed E-state index contributed by atoms with van der Waals surface area (Å²) in [6, 6.07) is 4.73. The number of halogens is 1. The number of carboxylic acids is 1. The Kier molecular flexibility index (Phi) is 4.40. The Morgan fingerprint density at radius 1 is 1.29 bits per heavy atom. The first-order chi connectivity index (χ1) is 9.70. The van der Waals surface area contributed by atoms with E-state index in [-0.39, 0.29) is 23.1 Å². The van der Waals surface area contributed by atoms with Gasteiger partial charge < -0.3 is 5.11 Å². The second kappa shape index (κ2) is 5.78. The molecule has 0 aliphatic heterocycles. The van der Waals surface area contributed by atoms with Crippen LogP contribution in [0.3, 0.4) is 0 Å². The van der Waals surface area contributed by atoms with Crippen LogP contribution in [0.1, 0.15) is 57.1 Å². The van der Waals surface area contributed by atoms with Crippen molar-refractivity contribution in [1.29, 1.82) is 0 Å². The maximum absolute atomic E-state index is 13.3. The number of hydrogen-bond acceptors (Lipinski definition) is 1. The average Bonchev–Trinajstić information content (AvgIpc) is 2.37. The highest BCUT2D eigenvalue weighted by Crippen LogP contribution is 2.47. The first-order valence-electron chi connectivity index (χ1n) is 7.69. The Morgan fingerprint density at radius 2 is 1.95 bits per heavy atom. The van der Waals surface area contributed by atoms with E-state index >= 15 is 0 Å². The minimum absolute atomic E-state index is 0.0129. The van der Waals surface area contributed by atoms with Gasteiger partial charge in [0, 0.05) is 0 Å². The van der Waals surface area contributed by atoms with E-state index < -0.39 is 5.97 Å². The fourth-order valence-corrected chi connectivity index (χ4v) is 3.65. The van der Waals surface area contributed by atoms with Crippen LogP contribution < -0.4 is 0 Å². The Hall–Kier alpha value is -1.38. The van der Waals surface area contributed by atoms with Crippen LogP contribution in [-0.4, -0.2) is 11.1 Å². The quantitative estimate of drug-likeness (QED) is 0.853. The summed E-state index contributed by atoms with van der Waals surface area (Å²) in [6.07, 6.45) is 2.53. The van der Waals surface area contributed by atoms with Crippen molar-refractivity contribution in [3.05, 3.63) is 35.1 Å². The lowest BCUT2D eigenvalue weighted by Crippen LogP contribution is -2.34. The maximum atomic E-state index is 13.3. The van der Waals surface area contributed by atoms with Gasteiger partial charge in [0.2, 0.25) is 0 Å². The van der Waals surface area contributed by atoms with Crippen molar-refractivity contribution in [1.82, 2.24) is 0 Å². The van der Waals surface area contributed by atoms with E-state index in [0.29, 0.717) is 12.3 Å². The van der Waals surface area contributed by atoms with Crippen LogP contribution in [0.4, 0.5) is 4.39 Å². The van der Waals surface area contributed by atoms with Gasteiger partial charge in [0.25, 0.3) is 0 Å². The summed E-state index contributed by atoms with van der Waals surface area (Å²) < 4.78 is 13.3. The summed E-state index contributed by atoms with van der Waals surface area (Å²) in [5, 5.41) is 9.53. The van der Waals surface area contributed by atoms with Crippen LogP contribution in [0.5, 0.6) is 0 Å². The standard InChI is InChI=1S/C18H25FO2/c1-11-9-13(19)6-8-14(11)16-10-12(18(2,3)4)5-7-15(16)17(20)21/h6,8-9,12,15-16H,5,7,10H2,1-4H3,(H,20,21). The molecule has 21 heavy (non-hydrogen) atoms. The van der Waals surface area contributed by atoms with E-state index in [9.17, 15) is 14.3 Å². The largest absolute Gasteiger partial charge is 0.481 e. The highest BCUT2D eigenvalue weighted by molar-refractivity contribution is 5.71. The van der Waals surface area contributed by atoms with Gasteiger partial charge in [-0.15, -0.1) is 0 Å². The molecule has 1 aromatic carbocycles. The molecule has 1 saturated carbocycles. The highest BCUT2D eigenvalue weighted by atomic mass is 19.1. The van der Waals surface area contributed by atoms with Gasteiger partial charge in [-0.05, 0) is 66.7 Å². The number of aryl methyl sites for hydroxylation is 1. The lowest BCUT2D eigenvalue weighted by Gasteiger charge is -2.41. The number of aliphatic carboxylic acids is 1. The lowest BCUT2D eigenvalue weighted by atomic mass is 9.63. The topological polar surface area (TPSA) is 37.3 Å². The van der Waals surface area contributed by atoms with Gasteiger partial charge in [0.15, 0.2) is 0 Å². The molecule has 3 heteroatoms. The number of benzene rings is 1. The molecule has 0 amide bonds. The number of carbonyl (C=O) groups is 1. The summed E-state index contributed by atoms with van der Waals surface area (Å²) >= 11 is 0. The predicted molar refractivity (Wildman–Crippen MR) is 81.8 cm³/mol. The van der Waals surface area contributed by atoms with Crippen LogP contribution in [0.2, 0.25) is 0 Å². The Balaban J connectivity index is 2.36. The maximum Gasteiger partial charge on any atom is 0.307 e. The van der Waals surface area contributed by atoms with Gasteiger partial charge in [0.05, 0.1) is 5.92 Å². The van der Waals surface area contributed by atoms with Gasteiger partial charge in [-0.3, -0.25) is 4.79 Å². The van der Waals surface area contributed by atoms with Gasteiger partial charge >= 0.3 is 5.97 Å². The Labute approximate surface area is 126 Å². The molecule has 2 rings (SSSR count). The molecule has 0 saturated heterocycles. The van der Waals surface area contributed by atoms with Crippen LogP contribution in [0.15, 0.2) is 18.2 Å². The van der Waals surface area contributed by atoms with Crippen LogP contribution in [0, 0.1) is 30.0 Å². The van der Waals surface area contributed by atoms with Crippen molar-refractivity contribution in [3.63, 3.8) is 0 Å². The fourth-order valence-electron chi connectivity index (χ4n) is 3.65. The van der Waals surface area contributed by atoms with Crippen molar-refractivity contribution in [2.24, 2.45) is 17.3 Å². The molecule has 0 radical (unpaired) electrons. The average molecular weight is 292 g/mol. The van der Waals surface area contributed by atoms with E-state index in [2.05, 4.69) is 20.8 Å². The molecule has 3 atom stereocenters. The zero-order chi connectivity index (χ0) is 15.8. The van der Waals surface area contributed by atoms with E-state index in [4.69, 9.17) is 0 Å². The molecule has 1 aliphatic rings. The first-order valence-corrected chi connectivity index (χ1v) is 7.69. The van der Waals surface area contributed by atoms with Crippen molar-refractivity contribution in [2.75, 3.05) is 0 Å². The zero-order valence-corrected chi connectivity index (χ0v) is 13.3. The van der Waals surface area contributed by atoms with Gasteiger partial charge in [-0.2, -0.15) is 0 Å². The van der Waals surface area contributed by atoms with Crippen molar-refractivity contribution in [2.45, 2.75) is 52.9 Å². The normalized spacial score (nSPS) is 26.6. The van der Waals surface area contributed by atoms with Gasteiger partial charge in [0.1, 0.15) is 5.82 Å². The second-order valence-electron chi connectivity index (χ2n) is 7.43. The molecule has 2 nitrogen and oxygen atoms in total. The summed E-state index contributed by atoms with van der Waals surface area (Å²) in [7, 11) is 0. The third kappa shape index (κ3) is 3.45. The monoisotopic (exact) mass is 292 g/mol. The lowest BCUT2D eigenvalue weighted by molar-refractivity contribution is -0.144. The van der Waals surface area contributed by atoms with Crippen molar-refractivity contribution >= 4 is 5.97 Å². The number of rotatable bonds is 2. The molecule has 0 heterocycles. The zero-order valence-electron chi connectivity index (χ0n) is 13.3. The van der Waals surface area contributed by atoms with Crippen LogP contribution in [0.25, 0.3) is 0 Å². The smallest absolute Gasteiger partial charge is 0.307 e. The molecule has 3 unspecified atom stereocenters. The third-order valence-electron chi connectivity index (χ3n) is 5.02. The molecule has 0 aromatic heterocycles. The predicted octanol–water partition coefficient (Wildman–Crippen LogP) is 4.76. The number of carboxylic acid groups (broad SMARTS) is 1. The molecule has 0 bridgehead atoms. The third-order valence-corrected chi connectivity index (χ3v) is 5.02. The minimum Gasteiger partial charge on any atom is -0.481 e. The number of hydrogen-bond donors (Lipinski definition) is 1. The highest BCUT2D eigenvalue weighted by Gasteiger charge is 2.40. The molecule has 1 N–H and O–H groups in total. The Bertz CT molecular complexity index is 531. The van der Waals surface area contributed by atoms with Gasteiger partial charge in [-0.1, -0.05) is 26.8 Å². The van der Waals surface area contributed by atoms with Crippen LogP contribution in [-0.2, 0) is 4.79 Å². The van der Waals surface area contributed by atoms with E-state index in [1.54, 1.807) is 6.07 Å². The van der Waals surface area contributed by atoms with Crippen molar-refractivity contribution < 1.29 is 14.3 Å². The Morgan fingerprint density at radius 3 is 2.48 bits per heavy atom. The van der Waals surface area contributed by atoms with Gasteiger partial charge in [-0.25, -0.2) is 4.39 Å². The molecule has 116 valence electrons. The molecule has 1 fully saturated rings. The molecular weight excluding hydrogens is 267 g/mol. The fraction of sp³-hybridized carbons (Fsp3) is 0.611. The van der Waals surface area contributed by atoms with E-state index in [1.807, 2.05) is 6.92 Å². The summed E-state index contributed by atoms with van der Waals surface area (Å²) in [4.78, 5) is 11.6. The first kappa shape index (κ1) is 16.0. The second-order valence-corrected chi connectivity index (χ2v) is 7.43. The molecule has 0 spiro atoms. The van der Waals surface area contributed by atoms with E-state index in [1.165, 1.54) is 12.1 Å². The SMILES string of the molecule is Cc1cc(F)ccc1C1CC(C(C)(C)C)CCC1C(=O)O. The summed E-state index contributed by atoms with van der Waals surface area (Å²) in [5.41, 5.74) is 2.04. The van der Waals surface area contributed by atoms with Crippen LogP contribution >= 0.6 is 0 Å². The summed E-state index contributed by atoms with van der Waals surface area (Å²) in [5.74, 6) is -0.848. The molecule has 1 aromatic rings.